The number of morpholine rings is 1. The summed E-state index contributed by atoms with van der Waals surface area (Å²) in [5, 5.41) is 0. The maximum Gasteiger partial charge on any atom is 0.433 e. The predicted molar refractivity (Wildman–Crippen MR) is 113 cm³/mol. The molecule has 0 bridgehead atoms. The van der Waals surface area contributed by atoms with Crippen molar-refractivity contribution < 1.29 is 31.8 Å². The van der Waals surface area contributed by atoms with Gasteiger partial charge in [0.1, 0.15) is 28.9 Å². The van der Waals surface area contributed by atoms with Crippen LogP contribution in [0.1, 0.15) is 11.3 Å². The van der Waals surface area contributed by atoms with E-state index in [4.69, 9.17) is 14.2 Å². The molecular weight excluding hydrogens is 472 g/mol. The highest BCUT2D eigenvalue weighted by Gasteiger charge is 2.65. The normalized spacial score (nSPS) is 21.9. The number of nitrogens with zero attached hydrogens (tertiary/aromatic N) is 4. The van der Waals surface area contributed by atoms with Crippen LogP contribution in [0.5, 0.6) is 17.4 Å². The molecule has 1 unspecified atom stereocenters. The van der Waals surface area contributed by atoms with Gasteiger partial charge in [0.2, 0.25) is 5.88 Å². The zero-order valence-corrected chi connectivity index (χ0v) is 18.1. The Morgan fingerprint density at radius 2 is 2.06 bits per heavy atom. The van der Waals surface area contributed by atoms with Crippen LogP contribution in [0.2, 0.25) is 0 Å². The fraction of sp³-hybridized carbons (Fsp3) is 0.348. The first-order valence-electron chi connectivity index (χ1n) is 10.9. The quantitative estimate of drug-likeness (QED) is 0.491. The van der Waals surface area contributed by atoms with Gasteiger partial charge >= 0.3 is 11.9 Å². The van der Waals surface area contributed by atoms with Crippen molar-refractivity contribution in [1.29, 1.82) is 0 Å². The first-order valence-corrected chi connectivity index (χ1v) is 10.9. The van der Waals surface area contributed by atoms with Gasteiger partial charge in [-0.25, -0.2) is 9.18 Å². The Labute approximate surface area is 195 Å². The number of hydrogen-bond donors (Lipinski definition) is 0. The number of fused-ring (bicyclic) bond motifs is 2. The molecule has 6 rings (SSSR count). The Hall–Kier alpha value is -3.67. The summed E-state index contributed by atoms with van der Waals surface area (Å²) in [6.45, 7) is 2.02. The second-order valence-corrected chi connectivity index (χ2v) is 8.67. The Morgan fingerprint density at radius 3 is 2.77 bits per heavy atom. The van der Waals surface area contributed by atoms with Gasteiger partial charge in [-0.1, -0.05) is 6.07 Å². The minimum Gasteiger partial charge on any atom is -0.477 e. The van der Waals surface area contributed by atoms with Gasteiger partial charge in [-0.05, 0) is 23.8 Å². The predicted octanol–water partition coefficient (Wildman–Crippen LogP) is 3.18. The third-order valence-corrected chi connectivity index (χ3v) is 6.58. The lowest BCUT2D eigenvalue weighted by molar-refractivity contribution is -0.174. The highest BCUT2D eigenvalue weighted by molar-refractivity contribution is 5.56. The number of alkyl halides is 3. The van der Waals surface area contributed by atoms with Gasteiger partial charge in [0.25, 0.3) is 0 Å². The van der Waals surface area contributed by atoms with Crippen LogP contribution in [-0.2, 0) is 23.9 Å². The van der Waals surface area contributed by atoms with Crippen molar-refractivity contribution in [2.75, 3.05) is 24.7 Å². The SMILES string of the molecule is O=c1nc(OCCc2ccc(Oc3ccnc(C(F)(F)F)c3)c(F)c2)cc2n1CC13CO[C@@H]1CN23. The molecule has 2 fully saturated rings. The fourth-order valence-corrected chi connectivity index (χ4v) is 4.66. The van der Waals surface area contributed by atoms with Crippen LogP contribution < -0.4 is 20.1 Å². The zero-order chi connectivity index (χ0) is 24.4. The lowest BCUT2D eigenvalue weighted by Gasteiger charge is -2.61. The van der Waals surface area contributed by atoms with E-state index >= 15 is 0 Å². The van der Waals surface area contributed by atoms with Crippen molar-refractivity contribution in [2.45, 2.75) is 30.8 Å². The molecule has 12 heteroatoms. The van der Waals surface area contributed by atoms with Gasteiger partial charge in [0.05, 0.1) is 19.8 Å². The molecule has 2 aromatic heterocycles. The Balaban J connectivity index is 1.09. The van der Waals surface area contributed by atoms with Gasteiger partial charge in [0, 0.05) is 31.3 Å². The summed E-state index contributed by atoms with van der Waals surface area (Å²) in [6, 6.07) is 7.77. The van der Waals surface area contributed by atoms with Crippen molar-refractivity contribution in [2.24, 2.45) is 0 Å². The lowest BCUT2D eigenvalue weighted by atomic mass is 9.79. The van der Waals surface area contributed by atoms with E-state index in [0.29, 0.717) is 31.2 Å². The Morgan fingerprint density at radius 1 is 1.20 bits per heavy atom. The van der Waals surface area contributed by atoms with E-state index in [1.54, 1.807) is 16.7 Å². The molecule has 3 aliphatic rings. The molecule has 0 amide bonds. The van der Waals surface area contributed by atoms with E-state index in [1.807, 2.05) is 0 Å². The van der Waals surface area contributed by atoms with Crippen molar-refractivity contribution in [1.82, 2.24) is 14.5 Å². The van der Waals surface area contributed by atoms with Gasteiger partial charge < -0.3 is 19.1 Å². The average Bonchev–Trinajstić information content (AvgIpc) is 3.12. The number of aromatic nitrogens is 3. The van der Waals surface area contributed by atoms with Gasteiger partial charge in [0.15, 0.2) is 11.6 Å². The van der Waals surface area contributed by atoms with Crippen LogP contribution in [-0.4, -0.2) is 45.9 Å². The van der Waals surface area contributed by atoms with Crippen LogP contribution in [0, 0.1) is 5.82 Å². The van der Waals surface area contributed by atoms with E-state index in [2.05, 4.69) is 14.9 Å². The number of hydrogen-bond acceptors (Lipinski definition) is 7. The molecule has 1 spiro atoms. The summed E-state index contributed by atoms with van der Waals surface area (Å²) in [7, 11) is 0. The molecule has 0 aliphatic carbocycles. The third kappa shape index (κ3) is 3.59. The number of benzene rings is 1. The summed E-state index contributed by atoms with van der Waals surface area (Å²) in [5.74, 6) is -0.177. The number of rotatable bonds is 6. The van der Waals surface area contributed by atoms with E-state index in [-0.39, 0.29) is 41.3 Å². The molecule has 8 nitrogen and oxygen atoms in total. The van der Waals surface area contributed by atoms with Gasteiger partial charge in [-0.2, -0.15) is 18.2 Å². The molecule has 0 radical (unpaired) electrons. The second kappa shape index (κ2) is 7.67. The zero-order valence-electron chi connectivity index (χ0n) is 18.1. The fourth-order valence-electron chi connectivity index (χ4n) is 4.66. The molecule has 0 saturated carbocycles. The molecule has 0 N–H and O–H groups in total. The molecule has 182 valence electrons. The summed E-state index contributed by atoms with van der Waals surface area (Å²) < 4.78 is 71.0. The van der Waals surface area contributed by atoms with Crippen molar-refractivity contribution in [3.63, 3.8) is 0 Å². The molecule has 2 saturated heterocycles. The highest BCUT2D eigenvalue weighted by atomic mass is 19.4. The van der Waals surface area contributed by atoms with E-state index in [0.717, 1.165) is 18.6 Å². The molecule has 1 aromatic carbocycles. The standard InChI is InChI=1S/C23H18F4N4O4/c24-15-7-13(1-2-16(15)35-14-3-5-28-17(8-14)23(25,26)27)4-6-33-19-9-20-30(21(32)29-19)11-22-12-34-18(22)10-31(20)22/h1-3,5,7-9,18H,4,6,10-12H2/t18-,22?/m1/s1. The molecule has 3 aromatic rings. The first-order chi connectivity index (χ1) is 16.7. The molecule has 2 atom stereocenters. The second-order valence-electron chi connectivity index (χ2n) is 8.67. The molecular formula is C23H18F4N4O4. The van der Waals surface area contributed by atoms with Crippen molar-refractivity contribution in [3.8, 4) is 17.4 Å². The van der Waals surface area contributed by atoms with Crippen LogP contribution in [0.25, 0.3) is 0 Å². The minimum absolute atomic E-state index is 0.127. The number of pyridine rings is 1. The molecule has 3 aliphatic heterocycles. The monoisotopic (exact) mass is 490 g/mol. The number of ether oxygens (including phenoxy) is 3. The van der Waals surface area contributed by atoms with Crippen LogP contribution in [0.4, 0.5) is 23.4 Å². The van der Waals surface area contributed by atoms with E-state index in [1.165, 1.54) is 18.2 Å². The summed E-state index contributed by atoms with van der Waals surface area (Å²) in [6.07, 6.45) is -3.22. The summed E-state index contributed by atoms with van der Waals surface area (Å²) in [4.78, 5) is 21.8. The van der Waals surface area contributed by atoms with Crippen LogP contribution >= 0.6 is 0 Å². The summed E-state index contributed by atoms with van der Waals surface area (Å²) in [5.41, 5.74) is -1.06. The number of halogens is 4. The Bertz CT molecular complexity index is 1380. The Kier molecular flexibility index (Phi) is 4.78. The molecule has 35 heavy (non-hydrogen) atoms. The van der Waals surface area contributed by atoms with E-state index in [9.17, 15) is 22.4 Å². The van der Waals surface area contributed by atoms with E-state index < -0.39 is 17.7 Å². The van der Waals surface area contributed by atoms with Crippen LogP contribution in [0.3, 0.4) is 0 Å². The van der Waals surface area contributed by atoms with Gasteiger partial charge in [-0.3, -0.25) is 9.55 Å². The maximum atomic E-state index is 14.5. The molecule has 5 heterocycles. The van der Waals surface area contributed by atoms with Gasteiger partial charge in [-0.15, -0.1) is 0 Å². The minimum atomic E-state index is -4.63. The summed E-state index contributed by atoms with van der Waals surface area (Å²) >= 11 is 0. The largest absolute Gasteiger partial charge is 0.477 e. The van der Waals surface area contributed by atoms with Crippen molar-refractivity contribution in [3.05, 3.63) is 70.2 Å². The lowest BCUT2D eigenvalue weighted by Crippen LogP contribution is -2.80. The third-order valence-electron chi connectivity index (χ3n) is 6.58. The van der Waals surface area contributed by atoms with Crippen molar-refractivity contribution >= 4 is 5.82 Å². The highest BCUT2D eigenvalue weighted by Crippen LogP contribution is 2.50. The first kappa shape index (κ1) is 21.8. The topological polar surface area (TPSA) is 78.7 Å². The number of anilines is 1. The smallest absolute Gasteiger partial charge is 0.433 e. The van der Waals surface area contributed by atoms with Crippen LogP contribution in [0.15, 0.2) is 47.4 Å². The maximum absolute atomic E-state index is 14.5. The average molecular weight is 490 g/mol.